The van der Waals surface area contributed by atoms with Crippen molar-refractivity contribution < 1.29 is 15.0 Å². The second-order valence-corrected chi connectivity index (χ2v) is 6.27. The highest BCUT2D eigenvalue weighted by molar-refractivity contribution is 6.31. The molecule has 0 bridgehead atoms. The molecule has 0 aliphatic carbocycles. The smallest absolute Gasteiger partial charge is 0.257 e. The van der Waals surface area contributed by atoms with Gasteiger partial charge >= 0.3 is 0 Å². The third-order valence-corrected chi connectivity index (χ3v) is 4.12. The summed E-state index contributed by atoms with van der Waals surface area (Å²) in [5.74, 6) is -0.0105. The second kappa shape index (κ2) is 6.64. The molecule has 1 aliphatic heterocycles. The summed E-state index contributed by atoms with van der Waals surface area (Å²) in [5.41, 5.74) is 0.213. The number of benzene rings is 1. The fraction of sp³-hybridized carbons (Fsp3) is 0.533. The molecule has 116 valence electrons. The van der Waals surface area contributed by atoms with E-state index in [9.17, 15) is 15.0 Å². The summed E-state index contributed by atoms with van der Waals surface area (Å²) < 4.78 is 0. The van der Waals surface area contributed by atoms with E-state index in [1.807, 2.05) is 14.1 Å². The van der Waals surface area contributed by atoms with Crippen molar-refractivity contribution in [2.75, 3.05) is 40.3 Å². The van der Waals surface area contributed by atoms with Crippen LogP contribution in [0.25, 0.3) is 0 Å². The van der Waals surface area contributed by atoms with Crippen molar-refractivity contribution in [1.82, 2.24) is 9.80 Å². The van der Waals surface area contributed by atoms with Crippen molar-refractivity contribution in [3.8, 4) is 5.75 Å². The number of aliphatic hydroxyl groups is 1. The van der Waals surface area contributed by atoms with Gasteiger partial charge in [-0.05, 0) is 38.2 Å². The highest BCUT2D eigenvalue weighted by atomic mass is 35.5. The lowest BCUT2D eigenvalue weighted by Crippen LogP contribution is -2.30. The van der Waals surface area contributed by atoms with E-state index in [0.29, 0.717) is 18.1 Å². The Morgan fingerprint density at radius 3 is 2.67 bits per heavy atom. The molecular weight excluding hydrogens is 292 g/mol. The van der Waals surface area contributed by atoms with Crippen LogP contribution in [0, 0.1) is 11.8 Å². The van der Waals surface area contributed by atoms with E-state index in [1.54, 1.807) is 11.0 Å². The normalized spacial score (nSPS) is 22.0. The molecule has 0 radical (unpaired) electrons. The van der Waals surface area contributed by atoms with Crippen LogP contribution in [0.1, 0.15) is 10.4 Å². The predicted molar refractivity (Wildman–Crippen MR) is 81.6 cm³/mol. The molecule has 1 saturated heterocycles. The fourth-order valence-corrected chi connectivity index (χ4v) is 3.01. The fourth-order valence-electron chi connectivity index (χ4n) is 2.84. The Bertz CT molecular complexity index is 522. The zero-order valence-corrected chi connectivity index (χ0v) is 13.0. The molecule has 21 heavy (non-hydrogen) atoms. The first-order valence-corrected chi connectivity index (χ1v) is 7.33. The molecule has 1 aromatic rings. The van der Waals surface area contributed by atoms with Gasteiger partial charge in [-0.3, -0.25) is 4.79 Å². The van der Waals surface area contributed by atoms with E-state index in [1.165, 1.54) is 12.1 Å². The van der Waals surface area contributed by atoms with Gasteiger partial charge in [-0.15, -0.1) is 0 Å². The van der Waals surface area contributed by atoms with Crippen molar-refractivity contribution in [1.29, 1.82) is 0 Å². The van der Waals surface area contributed by atoms with E-state index >= 15 is 0 Å². The lowest BCUT2D eigenvalue weighted by molar-refractivity contribution is 0.0776. The number of phenolic OH excluding ortho intramolecular Hbond substituents is 1. The standard InChI is InChI=1S/C15H21ClN2O3/c1-17(2)6-10-7-18(8-11(10)9-19)15(21)13-5-12(16)3-4-14(13)20/h3-5,10-11,19-20H,6-9H2,1-2H3/t10-,11-/m1/s1. The van der Waals surface area contributed by atoms with E-state index in [4.69, 9.17) is 11.6 Å². The molecule has 1 aliphatic rings. The first kappa shape index (κ1) is 16.1. The second-order valence-electron chi connectivity index (χ2n) is 5.84. The molecule has 1 aromatic carbocycles. The highest BCUT2D eigenvalue weighted by Gasteiger charge is 2.35. The Balaban J connectivity index is 2.15. The molecule has 1 amide bonds. The molecule has 2 atom stereocenters. The molecule has 0 spiro atoms. The number of amides is 1. The monoisotopic (exact) mass is 312 g/mol. The zero-order valence-electron chi connectivity index (χ0n) is 12.3. The van der Waals surface area contributed by atoms with Crippen LogP contribution in [0.2, 0.25) is 5.02 Å². The summed E-state index contributed by atoms with van der Waals surface area (Å²) in [6.45, 7) is 1.95. The number of aliphatic hydroxyl groups excluding tert-OH is 1. The lowest BCUT2D eigenvalue weighted by Gasteiger charge is -2.20. The average Bonchev–Trinajstić information content (AvgIpc) is 2.83. The molecule has 0 saturated carbocycles. The van der Waals surface area contributed by atoms with Gasteiger partial charge in [0.05, 0.1) is 5.56 Å². The van der Waals surface area contributed by atoms with E-state index in [0.717, 1.165) is 6.54 Å². The van der Waals surface area contributed by atoms with E-state index < -0.39 is 0 Å². The van der Waals surface area contributed by atoms with Crippen LogP contribution in [0.3, 0.4) is 0 Å². The van der Waals surface area contributed by atoms with Crippen molar-refractivity contribution >= 4 is 17.5 Å². The Labute approximate surface area is 129 Å². The number of nitrogens with zero attached hydrogens (tertiary/aromatic N) is 2. The number of halogens is 1. The number of hydrogen-bond acceptors (Lipinski definition) is 4. The molecule has 6 heteroatoms. The van der Waals surface area contributed by atoms with Gasteiger partial charge in [-0.25, -0.2) is 0 Å². The molecule has 5 nitrogen and oxygen atoms in total. The van der Waals surface area contributed by atoms with E-state index in [2.05, 4.69) is 4.90 Å². The van der Waals surface area contributed by atoms with Gasteiger partial charge in [-0.1, -0.05) is 11.6 Å². The summed E-state index contributed by atoms with van der Waals surface area (Å²) in [4.78, 5) is 16.3. The summed E-state index contributed by atoms with van der Waals surface area (Å²) in [6, 6.07) is 4.45. The van der Waals surface area contributed by atoms with Crippen molar-refractivity contribution in [2.24, 2.45) is 11.8 Å². The summed E-state index contributed by atoms with van der Waals surface area (Å²) >= 11 is 5.89. The average molecular weight is 313 g/mol. The van der Waals surface area contributed by atoms with Gasteiger partial charge in [0, 0.05) is 37.2 Å². The minimum absolute atomic E-state index is 0.0593. The maximum absolute atomic E-state index is 12.5. The topological polar surface area (TPSA) is 64.0 Å². The number of rotatable bonds is 4. The van der Waals surface area contributed by atoms with Gasteiger partial charge in [0.1, 0.15) is 5.75 Å². The first-order valence-electron chi connectivity index (χ1n) is 6.95. The van der Waals surface area contributed by atoms with Crippen molar-refractivity contribution in [2.45, 2.75) is 0 Å². The first-order chi connectivity index (χ1) is 9.92. The predicted octanol–water partition coefficient (Wildman–Crippen LogP) is 1.29. The Morgan fingerprint density at radius 2 is 2.05 bits per heavy atom. The maximum Gasteiger partial charge on any atom is 0.257 e. The largest absolute Gasteiger partial charge is 0.507 e. The third kappa shape index (κ3) is 3.67. The van der Waals surface area contributed by atoms with Crippen LogP contribution in [-0.4, -0.2) is 66.3 Å². The van der Waals surface area contributed by atoms with Crippen LogP contribution in [-0.2, 0) is 0 Å². The molecule has 1 fully saturated rings. The number of phenols is 1. The zero-order chi connectivity index (χ0) is 15.6. The lowest BCUT2D eigenvalue weighted by atomic mass is 9.97. The Morgan fingerprint density at radius 1 is 1.38 bits per heavy atom. The third-order valence-electron chi connectivity index (χ3n) is 3.89. The summed E-state index contributed by atoms with van der Waals surface area (Å²) in [5, 5.41) is 19.7. The molecular formula is C15H21ClN2O3. The van der Waals surface area contributed by atoms with Crippen LogP contribution in [0.4, 0.5) is 0 Å². The molecule has 0 aromatic heterocycles. The molecule has 2 rings (SSSR count). The molecule has 1 heterocycles. The maximum atomic E-state index is 12.5. The van der Waals surface area contributed by atoms with Crippen LogP contribution < -0.4 is 0 Å². The van der Waals surface area contributed by atoms with Gasteiger partial charge < -0.3 is 20.0 Å². The van der Waals surface area contributed by atoms with Crippen LogP contribution in [0.5, 0.6) is 5.75 Å². The number of carbonyl (C=O) groups is 1. The van der Waals surface area contributed by atoms with E-state index in [-0.39, 0.29) is 35.7 Å². The Kier molecular flexibility index (Phi) is 5.08. The summed E-state index contributed by atoms with van der Waals surface area (Å²) in [6.07, 6.45) is 0. The molecule has 0 unspecified atom stereocenters. The Hall–Kier alpha value is -1.30. The van der Waals surface area contributed by atoms with Crippen molar-refractivity contribution in [3.05, 3.63) is 28.8 Å². The minimum atomic E-state index is -0.241. The SMILES string of the molecule is CN(C)C[C@@H]1CN(C(=O)c2cc(Cl)ccc2O)C[C@@H]1CO. The minimum Gasteiger partial charge on any atom is -0.507 e. The highest BCUT2D eigenvalue weighted by Crippen LogP contribution is 2.28. The van der Waals surface area contributed by atoms with Gasteiger partial charge in [0.25, 0.3) is 5.91 Å². The number of hydrogen-bond donors (Lipinski definition) is 2. The van der Waals surface area contributed by atoms with Gasteiger partial charge in [0.2, 0.25) is 0 Å². The van der Waals surface area contributed by atoms with Gasteiger partial charge in [0.15, 0.2) is 0 Å². The van der Waals surface area contributed by atoms with Crippen LogP contribution >= 0.6 is 11.6 Å². The van der Waals surface area contributed by atoms with Gasteiger partial charge in [-0.2, -0.15) is 0 Å². The number of aromatic hydroxyl groups is 1. The quantitative estimate of drug-likeness (QED) is 0.879. The van der Waals surface area contributed by atoms with Crippen molar-refractivity contribution in [3.63, 3.8) is 0 Å². The summed E-state index contributed by atoms with van der Waals surface area (Å²) in [7, 11) is 3.95. The number of likely N-dealkylation sites (tertiary alicyclic amines) is 1. The van der Waals surface area contributed by atoms with Crippen LogP contribution in [0.15, 0.2) is 18.2 Å². The molecule has 2 N–H and O–H groups in total. The number of carbonyl (C=O) groups excluding carboxylic acids is 1.